The first-order chi connectivity index (χ1) is 6.58. The molecular weight excluding hydrogens is 181 g/mol. The van der Waals surface area contributed by atoms with E-state index in [1.165, 1.54) is 18.2 Å². The van der Waals surface area contributed by atoms with Crippen LogP contribution in [-0.4, -0.2) is 4.98 Å². The number of fused-ring (bicyclic) bond motifs is 1. The quantitative estimate of drug-likeness (QED) is 0.680. The molecule has 2 nitrogen and oxygen atoms in total. The number of rotatable bonds is 0. The number of H-pyrrole nitrogens is 1. The van der Waals surface area contributed by atoms with Gasteiger partial charge in [-0.1, -0.05) is 0 Å². The number of hydrogen-bond donors (Lipinski definition) is 1. The van der Waals surface area contributed by atoms with E-state index in [1.807, 2.05) is 6.92 Å². The predicted octanol–water partition coefficient (Wildman–Crippen LogP) is 2.28. The van der Waals surface area contributed by atoms with E-state index < -0.39 is 0 Å². The van der Waals surface area contributed by atoms with Gasteiger partial charge in [0.25, 0.3) is 0 Å². The zero-order valence-corrected chi connectivity index (χ0v) is 8.02. The Kier molecular flexibility index (Phi) is 1.88. The highest BCUT2D eigenvalue weighted by atomic mass is 19.1. The summed E-state index contributed by atoms with van der Waals surface area (Å²) in [5.74, 6) is -0.371. The molecule has 2 aromatic rings. The van der Waals surface area contributed by atoms with Crippen molar-refractivity contribution in [2.75, 3.05) is 0 Å². The number of nitrogens with one attached hydrogen (secondary N) is 1. The molecule has 1 aromatic carbocycles. The van der Waals surface area contributed by atoms with Crippen molar-refractivity contribution in [3.8, 4) is 0 Å². The van der Waals surface area contributed by atoms with Gasteiger partial charge in [-0.05, 0) is 31.5 Å². The number of aryl methyl sites for hydroxylation is 2. The smallest absolute Gasteiger partial charge is 0.189 e. The number of benzene rings is 1. The van der Waals surface area contributed by atoms with E-state index in [2.05, 4.69) is 4.98 Å². The molecule has 0 aliphatic heterocycles. The topological polar surface area (TPSA) is 32.9 Å². The molecule has 72 valence electrons. The fourth-order valence-corrected chi connectivity index (χ4v) is 1.61. The first kappa shape index (κ1) is 8.94. The van der Waals surface area contributed by atoms with Crippen molar-refractivity contribution in [3.05, 3.63) is 45.5 Å². The van der Waals surface area contributed by atoms with Crippen molar-refractivity contribution >= 4 is 10.9 Å². The molecule has 2 rings (SSSR count). The van der Waals surface area contributed by atoms with Gasteiger partial charge in [-0.25, -0.2) is 4.39 Å². The molecule has 0 amide bonds. The summed E-state index contributed by atoms with van der Waals surface area (Å²) in [6, 6.07) is 4.15. The highest BCUT2D eigenvalue weighted by molar-refractivity contribution is 5.81. The van der Waals surface area contributed by atoms with Crippen LogP contribution in [-0.2, 0) is 0 Å². The molecule has 0 spiro atoms. The number of halogens is 1. The largest absolute Gasteiger partial charge is 0.358 e. The first-order valence-electron chi connectivity index (χ1n) is 4.38. The van der Waals surface area contributed by atoms with Crippen LogP contribution in [0.5, 0.6) is 0 Å². The second-order valence-electron chi connectivity index (χ2n) is 3.46. The lowest BCUT2D eigenvalue weighted by Crippen LogP contribution is -2.04. The minimum atomic E-state index is -0.371. The Hall–Kier alpha value is -1.64. The zero-order chi connectivity index (χ0) is 10.3. The van der Waals surface area contributed by atoms with E-state index in [1.54, 1.807) is 6.92 Å². The third kappa shape index (κ3) is 1.31. The van der Waals surface area contributed by atoms with Crippen molar-refractivity contribution in [2.24, 2.45) is 0 Å². The van der Waals surface area contributed by atoms with Gasteiger partial charge in [0.05, 0.1) is 5.52 Å². The minimum absolute atomic E-state index is 0.140. The molecule has 0 aliphatic rings. The van der Waals surface area contributed by atoms with Crippen molar-refractivity contribution in [1.29, 1.82) is 0 Å². The maximum Gasteiger partial charge on any atom is 0.189 e. The molecule has 0 aliphatic carbocycles. The van der Waals surface area contributed by atoms with Gasteiger partial charge in [-0.2, -0.15) is 0 Å². The molecule has 0 saturated heterocycles. The van der Waals surface area contributed by atoms with Crippen LogP contribution < -0.4 is 5.43 Å². The number of pyridine rings is 1. The molecular formula is C11H10FNO. The van der Waals surface area contributed by atoms with Crippen LogP contribution in [0.1, 0.15) is 11.3 Å². The predicted molar refractivity (Wildman–Crippen MR) is 54.0 cm³/mol. The fourth-order valence-electron chi connectivity index (χ4n) is 1.61. The SMILES string of the molecule is Cc1cc(=O)c2cc(F)cc(C)c2[nH]1. The molecule has 14 heavy (non-hydrogen) atoms. The van der Waals surface area contributed by atoms with Gasteiger partial charge < -0.3 is 4.98 Å². The summed E-state index contributed by atoms with van der Waals surface area (Å²) in [6.45, 7) is 3.59. The number of aromatic amines is 1. The lowest BCUT2D eigenvalue weighted by atomic mass is 10.1. The zero-order valence-electron chi connectivity index (χ0n) is 8.02. The van der Waals surface area contributed by atoms with E-state index in [9.17, 15) is 9.18 Å². The van der Waals surface area contributed by atoms with Gasteiger partial charge in [-0.15, -0.1) is 0 Å². The summed E-state index contributed by atoms with van der Waals surface area (Å²) in [7, 11) is 0. The summed E-state index contributed by atoms with van der Waals surface area (Å²) >= 11 is 0. The van der Waals surface area contributed by atoms with Crippen LogP contribution in [0, 0.1) is 19.7 Å². The van der Waals surface area contributed by atoms with Gasteiger partial charge >= 0.3 is 0 Å². The average Bonchev–Trinajstić information content (AvgIpc) is 2.07. The van der Waals surface area contributed by atoms with Crippen LogP contribution >= 0.6 is 0 Å². The van der Waals surface area contributed by atoms with Gasteiger partial charge in [0.15, 0.2) is 5.43 Å². The summed E-state index contributed by atoms with van der Waals surface area (Å²) in [6.07, 6.45) is 0. The molecule has 0 unspecified atom stereocenters. The molecule has 0 fully saturated rings. The number of hydrogen-bond acceptors (Lipinski definition) is 1. The molecule has 0 bridgehead atoms. The highest BCUT2D eigenvalue weighted by Crippen LogP contribution is 2.15. The van der Waals surface area contributed by atoms with Gasteiger partial charge in [-0.3, -0.25) is 4.79 Å². The van der Waals surface area contributed by atoms with E-state index in [4.69, 9.17) is 0 Å². The van der Waals surface area contributed by atoms with Crippen LogP contribution in [0.4, 0.5) is 4.39 Å². The molecule has 0 saturated carbocycles. The number of aromatic nitrogens is 1. The lowest BCUT2D eigenvalue weighted by molar-refractivity contribution is 0.628. The van der Waals surface area contributed by atoms with Crippen molar-refractivity contribution < 1.29 is 4.39 Å². The van der Waals surface area contributed by atoms with Gasteiger partial charge in [0, 0.05) is 17.1 Å². The molecule has 1 N–H and O–H groups in total. The Balaban J connectivity index is 3.02. The summed E-state index contributed by atoms with van der Waals surface area (Å²) < 4.78 is 13.0. The van der Waals surface area contributed by atoms with Crippen molar-refractivity contribution in [2.45, 2.75) is 13.8 Å². The molecule has 1 heterocycles. The normalized spacial score (nSPS) is 10.8. The van der Waals surface area contributed by atoms with E-state index in [0.717, 1.165) is 16.8 Å². The molecule has 1 aromatic heterocycles. The van der Waals surface area contributed by atoms with Crippen LogP contribution in [0.25, 0.3) is 10.9 Å². The Morgan fingerprint density at radius 3 is 2.64 bits per heavy atom. The molecule has 0 atom stereocenters. The first-order valence-corrected chi connectivity index (χ1v) is 4.38. The second-order valence-corrected chi connectivity index (χ2v) is 3.46. The van der Waals surface area contributed by atoms with Crippen LogP contribution in [0.3, 0.4) is 0 Å². The van der Waals surface area contributed by atoms with E-state index in [0.29, 0.717) is 5.39 Å². The van der Waals surface area contributed by atoms with E-state index >= 15 is 0 Å². The second kappa shape index (κ2) is 2.94. The monoisotopic (exact) mass is 191 g/mol. The summed E-state index contributed by atoms with van der Waals surface area (Å²) in [5.41, 5.74) is 2.12. The summed E-state index contributed by atoms with van der Waals surface area (Å²) in [5, 5.41) is 0.410. The lowest BCUT2D eigenvalue weighted by Gasteiger charge is -2.03. The van der Waals surface area contributed by atoms with Gasteiger partial charge in [0.1, 0.15) is 5.82 Å². The highest BCUT2D eigenvalue weighted by Gasteiger charge is 2.04. The molecule has 3 heteroatoms. The fraction of sp³-hybridized carbons (Fsp3) is 0.182. The van der Waals surface area contributed by atoms with Crippen molar-refractivity contribution in [3.63, 3.8) is 0 Å². The van der Waals surface area contributed by atoms with Crippen molar-refractivity contribution in [1.82, 2.24) is 4.98 Å². The minimum Gasteiger partial charge on any atom is -0.358 e. The third-order valence-electron chi connectivity index (χ3n) is 2.24. The maximum atomic E-state index is 13.0. The average molecular weight is 191 g/mol. The molecule has 0 radical (unpaired) electrons. The van der Waals surface area contributed by atoms with Crippen LogP contribution in [0.2, 0.25) is 0 Å². The Morgan fingerprint density at radius 1 is 1.21 bits per heavy atom. The Bertz CT molecular complexity index is 557. The maximum absolute atomic E-state index is 13.0. The van der Waals surface area contributed by atoms with E-state index in [-0.39, 0.29) is 11.2 Å². The standard InChI is InChI=1S/C11H10FNO/c1-6-3-8(12)5-9-10(14)4-7(2)13-11(6)9/h3-5H,1-2H3,(H,13,14). The third-order valence-corrected chi connectivity index (χ3v) is 2.24. The Morgan fingerprint density at radius 2 is 1.93 bits per heavy atom. The van der Waals surface area contributed by atoms with Gasteiger partial charge in [0.2, 0.25) is 0 Å². The Labute approximate surface area is 80.4 Å². The van der Waals surface area contributed by atoms with Crippen LogP contribution in [0.15, 0.2) is 23.0 Å². The summed E-state index contributed by atoms with van der Waals surface area (Å²) in [4.78, 5) is 14.6.